The van der Waals surface area contributed by atoms with Crippen LogP contribution >= 0.6 is 0 Å². The van der Waals surface area contributed by atoms with Crippen molar-refractivity contribution in [1.29, 1.82) is 0 Å². The molecule has 3 aromatic heterocycles. The molecular weight excluding hydrogens is 402 g/mol. The van der Waals surface area contributed by atoms with Gasteiger partial charge in [0.15, 0.2) is 0 Å². The summed E-state index contributed by atoms with van der Waals surface area (Å²) < 4.78 is 11.5. The number of aryl methyl sites for hydroxylation is 1. The first-order chi connectivity index (χ1) is 15.7. The first kappa shape index (κ1) is 18.3. The molecule has 3 aromatic carbocycles. The van der Waals surface area contributed by atoms with E-state index in [0.29, 0.717) is 11.5 Å². The quantitative estimate of drug-likeness (QED) is 0.357. The van der Waals surface area contributed by atoms with E-state index < -0.39 is 5.63 Å². The Kier molecular flexibility index (Phi) is 4.04. The first-order valence-corrected chi connectivity index (χ1v) is 10.2. The molecule has 32 heavy (non-hydrogen) atoms. The molecule has 6 rings (SSSR count). The second-order valence-electron chi connectivity index (χ2n) is 7.69. The summed E-state index contributed by atoms with van der Waals surface area (Å²) in [5.41, 5.74) is 5.00. The van der Waals surface area contributed by atoms with E-state index in [-0.39, 0.29) is 11.5 Å². The average Bonchev–Trinajstić information content (AvgIpc) is 3.43. The molecule has 1 N–H and O–H groups in total. The Bertz CT molecular complexity index is 1660. The topological polar surface area (TPSA) is 84.9 Å². The molecule has 3 heterocycles. The molecule has 0 aliphatic rings. The maximum absolute atomic E-state index is 12.6. The van der Waals surface area contributed by atoms with Crippen molar-refractivity contribution in [3.63, 3.8) is 0 Å². The third kappa shape index (κ3) is 2.93. The molecule has 0 saturated heterocycles. The highest BCUT2D eigenvalue weighted by Gasteiger charge is 2.22. The van der Waals surface area contributed by atoms with E-state index >= 15 is 0 Å². The van der Waals surface area contributed by atoms with E-state index in [1.165, 1.54) is 0 Å². The van der Waals surface area contributed by atoms with Gasteiger partial charge in [-0.3, -0.25) is 0 Å². The van der Waals surface area contributed by atoms with E-state index in [9.17, 15) is 4.79 Å². The third-order valence-corrected chi connectivity index (χ3v) is 5.53. The standard InChI is InChI=1S/C26H17N3O3/c1-15-11-12-20-18(13-15)22(23(27-20)16-7-3-2-4-8-16)25-29-28-24(32-25)19-14-17-9-5-6-10-21(17)31-26(19)30/h2-14,27H,1H3. The minimum absolute atomic E-state index is 0.125. The van der Waals surface area contributed by atoms with E-state index in [4.69, 9.17) is 8.83 Å². The van der Waals surface area contributed by atoms with Crippen LogP contribution in [0, 0.1) is 6.92 Å². The highest BCUT2D eigenvalue weighted by molar-refractivity contribution is 6.02. The number of nitrogens with zero attached hydrogens (tertiary/aromatic N) is 2. The highest BCUT2D eigenvalue weighted by atomic mass is 16.4. The van der Waals surface area contributed by atoms with Crippen LogP contribution in [-0.4, -0.2) is 15.2 Å². The average molecular weight is 419 g/mol. The molecule has 6 heteroatoms. The summed E-state index contributed by atoms with van der Waals surface area (Å²) in [5, 5.41) is 10.3. The molecule has 0 atom stereocenters. The predicted octanol–water partition coefficient (Wildman–Crippen LogP) is 5.97. The molecule has 0 saturated carbocycles. The maximum Gasteiger partial charge on any atom is 0.349 e. The summed E-state index contributed by atoms with van der Waals surface area (Å²) in [6, 6.07) is 25.2. The predicted molar refractivity (Wildman–Crippen MR) is 123 cm³/mol. The Balaban J connectivity index is 1.56. The van der Waals surface area contributed by atoms with Gasteiger partial charge in [-0.25, -0.2) is 4.79 Å². The lowest BCUT2D eigenvalue weighted by Gasteiger charge is -2.02. The fraction of sp³-hybridized carbons (Fsp3) is 0.0385. The van der Waals surface area contributed by atoms with Gasteiger partial charge in [0.05, 0.1) is 11.3 Å². The minimum atomic E-state index is -0.517. The zero-order valence-electron chi connectivity index (χ0n) is 17.1. The lowest BCUT2D eigenvalue weighted by Crippen LogP contribution is -2.02. The van der Waals surface area contributed by atoms with Crippen molar-refractivity contribution in [2.45, 2.75) is 6.92 Å². The van der Waals surface area contributed by atoms with Gasteiger partial charge < -0.3 is 13.8 Å². The largest absolute Gasteiger partial charge is 0.422 e. The van der Waals surface area contributed by atoms with E-state index in [2.05, 4.69) is 27.3 Å². The molecule has 6 nitrogen and oxygen atoms in total. The Morgan fingerprint density at radius 1 is 0.812 bits per heavy atom. The molecule has 0 unspecified atom stereocenters. The van der Waals surface area contributed by atoms with Crippen molar-refractivity contribution in [2.75, 3.05) is 0 Å². The number of aromatic nitrogens is 3. The van der Waals surface area contributed by atoms with E-state index in [1.54, 1.807) is 12.1 Å². The third-order valence-electron chi connectivity index (χ3n) is 5.53. The molecule has 0 spiro atoms. The van der Waals surface area contributed by atoms with Gasteiger partial charge >= 0.3 is 5.63 Å². The fourth-order valence-corrected chi connectivity index (χ4v) is 3.99. The van der Waals surface area contributed by atoms with Crippen molar-refractivity contribution < 1.29 is 8.83 Å². The Labute approximate surface area is 182 Å². The molecule has 154 valence electrons. The Morgan fingerprint density at radius 2 is 1.59 bits per heavy atom. The molecule has 0 bridgehead atoms. The normalized spacial score (nSPS) is 11.4. The molecule has 6 aromatic rings. The van der Waals surface area contributed by atoms with Crippen molar-refractivity contribution in [2.24, 2.45) is 0 Å². The van der Waals surface area contributed by atoms with Crippen LogP contribution in [0.3, 0.4) is 0 Å². The number of rotatable bonds is 3. The summed E-state index contributed by atoms with van der Waals surface area (Å²) in [7, 11) is 0. The number of hydrogen-bond acceptors (Lipinski definition) is 5. The van der Waals surface area contributed by atoms with Gasteiger partial charge in [-0.05, 0) is 36.8 Å². The van der Waals surface area contributed by atoms with Gasteiger partial charge in [-0.15, -0.1) is 10.2 Å². The second kappa shape index (κ2) is 7.06. The van der Waals surface area contributed by atoms with Crippen LogP contribution in [0.2, 0.25) is 0 Å². The van der Waals surface area contributed by atoms with Crippen LogP contribution in [0.15, 0.2) is 92.5 Å². The van der Waals surface area contributed by atoms with Crippen molar-refractivity contribution in [3.8, 4) is 34.2 Å². The van der Waals surface area contributed by atoms with Gasteiger partial charge in [0.1, 0.15) is 11.1 Å². The van der Waals surface area contributed by atoms with Gasteiger partial charge in [-0.1, -0.05) is 60.2 Å². The second-order valence-corrected chi connectivity index (χ2v) is 7.69. The summed E-state index contributed by atoms with van der Waals surface area (Å²) in [6.45, 7) is 2.04. The van der Waals surface area contributed by atoms with Gasteiger partial charge in [0.25, 0.3) is 11.8 Å². The maximum atomic E-state index is 12.6. The van der Waals surface area contributed by atoms with Gasteiger partial charge in [0.2, 0.25) is 0 Å². The van der Waals surface area contributed by atoms with E-state index in [0.717, 1.165) is 38.7 Å². The van der Waals surface area contributed by atoms with Crippen molar-refractivity contribution >= 4 is 21.9 Å². The molecular formula is C26H17N3O3. The first-order valence-electron chi connectivity index (χ1n) is 10.2. The summed E-state index contributed by atoms with van der Waals surface area (Å²) >= 11 is 0. The van der Waals surface area contributed by atoms with Crippen LogP contribution in [0.25, 0.3) is 56.0 Å². The summed E-state index contributed by atoms with van der Waals surface area (Å²) in [4.78, 5) is 16.1. The fourth-order valence-electron chi connectivity index (χ4n) is 3.99. The Hall–Kier alpha value is -4.45. The number of para-hydroxylation sites is 1. The number of hydrogen-bond donors (Lipinski definition) is 1. The zero-order chi connectivity index (χ0) is 21.7. The molecule has 0 aliphatic carbocycles. The highest BCUT2D eigenvalue weighted by Crippen LogP contribution is 2.38. The van der Waals surface area contributed by atoms with Gasteiger partial charge in [0, 0.05) is 16.3 Å². The lowest BCUT2D eigenvalue weighted by atomic mass is 10.0. The van der Waals surface area contributed by atoms with Crippen LogP contribution in [-0.2, 0) is 0 Å². The monoisotopic (exact) mass is 419 g/mol. The van der Waals surface area contributed by atoms with Crippen molar-refractivity contribution in [3.05, 3.63) is 94.8 Å². The smallest absolute Gasteiger partial charge is 0.349 e. The number of benzene rings is 3. The number of H-pyrrole nitrogens is 1. The van der Waals surface area contributed by atoms with Gasteiger partial charge in [-0.2, -0.15) is 0 Å². The van der Waals surface area contributed by atoms with Crippen molar-refractivity contribution in [1.82, 2.24) is 15.2 Å². The zero-order valence-corrected chi connectivity index (χ0v) is 17.1. The number of nitrogens with one attached hydrogen (secondary N) is 1. The Morgan fingerprint density at radius 3 is 2.47 bits per heavy atom. The number of fused-ring (bicyclic) bond motifs is 2. The number of aromatic amines is 1. The summed E-state index contributed by atoms with van der Waals surface area (Å²) in [5.74, 6) is 0.462. The molecule has 0 amide bonds. The minimum Gasteiger partial charge on any atom is -0.422 e. The van der Waals surface area contributed by atoms with E-state index in [1.807, 2.05) is 61.5 Å². The van der Waals surface area contributed by atoms with Crippen LogP contribution in [0.5, 0.6) is 0 Å². The van der Waals surface area contributed by atoms with Crippen LogP contribution in [0.4, 0.5) is 0 Å². The van der Waals surface area contributed by atoms with Crippen LogP contribution < -0.4 is 5.63 Å². The molecule has 0 aliphatic heterocycles. The van der Waals surface area contributed by atoms with Crippen LogP contribution in [0.1, 0.15) is 5.56 Å². The lowest BCUT2D eigenvalue weighted by molar-refractivity contribution is 0.547. The molecule has 0 fully saturated rings. The SMILES string of the molecule is Cc1ccc2[nH]c(-c3ccccc3)c(-c3nnc(-c4cc5ccccc5oc4=O)o3)c2c1. The molecule has 0 radical (unpaired) electrons. The summed E-state index contributed by atoms with van der Waals surface area (Å²) in [6.07, 6.45) is 0.